The molecule has 0 saturated carbocycles. The van der Waals surface area contributed by atoms with Crippen LogP contribution in [0.15, 0.2) is 30.4 Å². The molecule has 1 amide bonds. The molecule has 0 radical (unpaired) electrons. The molecule has 2 rings (SSSR count). The summed E-state index contributed by atoms with van der Waals surface area (Å²) in [5.74, 6) is -1.79. The quantitative estimate of drug-likeness (QED) is 0.597. The maximum atomic E-state index is 12.0. The van der Waals surface area contributed by atoms with Crippen molar-refractivity contribution >= 4 is 17.8 Å². The molecule has 0 fully saturated rings. The van der Waals surface area contributed by atoms with Gasteiger partial charge < -0.3 is 14.8 Å². The van der Waals surface area contributed by atoms with Crippen LogP contribution in [-0.4, -0.2) is 31.1 Å². The topological polar surface area (TPSA) is 81.7 Å². The van der Waals surface area contributed by atoms with Gasteiger partial charge in [0.25, 0.3) is 5.91 Å². The Morgan fingerprint density at radius 1 is 1.08 bits per heavy atom. The Balaban J connectivity index is 1.80. The average Bonchev–Trinajstić information content (AvgIpc) is 2.64. The van der Waals surface area contributed by atoms with Crippen LogP contribution in [0.2, 0.25) is 0 Å². The fourth-order valence-corrected chi connectivity index (χ4v) is 2.90. The molecule has 1 aliphatic rings. The second-order valence-corrected chi connectivity index (χ2v) is 6.22. The van der Waals surface area contributed by atoms with E-state index in [1.54, 1.807) is 6.92 Å². The number of rotatable bonds is 7. The Bertz CT molecular complexity index is 695. The third kappa shape index (κ3) is 6.02. The molecule has 6 nitrogen and oxygen atoms in total. The van der Waals surface area contributed by atoms with E-state index >= 15 is 0 Å². The van der Waals surface area contributed by atoms with Crippen molar-refractivity contribution in [3.05, 3.63) is 47.0 Å². The van der Waals surface area contributed by atoms with E-state index in [1.165, 1.54) is 24.0 Å². The number of amides is 1. The lowest BCUT2D eigenvalue weighted by molar-refractivity contribution is -0.144. The maximum absolute atomic E-state index is 12.0. The van der Waals surface area contributed by atoms with Gasteiger partial charge in [0.15, 0.2) is 6.61 Å². The number of carbonyl (C=O) groups is 3. The van der Waals surface area contributed by atoms with Crippen LogP contribution in [0.4, 0.5) is 0 Å². The van der Waals surface area contributed by atoms with Gasteiger partial charge in [-0.15, -0.1) is 0 Å². The van der Waals surface area contributed by atoms with E-state index in [4.69, 9.17) is 4.74 Å². The highest BCUT2D eigenvalue weighted by Gasteiger charge is 2.14. The van der Waals surface area contributed by atoms with Gasteiger partial charge in [0.05, 0.1) is 12.6 Å². The van der Waals surface area contributed by atoms with Crippen molar-refractivity contribution in [2.45, 2.75) is 45.6 Å². The van der Waals surface area contributed by atoms with Crippen LogP contribution in [0.25, 0.3) is 0 Å². The zero-order valence-corrected chi connectivity index (χ0v) is 15.2. The highest BCUT2D eigenvalue weighted by molar-refractivity contribution is 5.92. The van der Waals surface area contributed by atoms with Crippen molar-refractivity contribution in [3.63, 3.8) is 0 Å². The number of ether oxygens (including phenoxy) is 2. The van der Waals surface area contributed by atoms with Crippen LogP contribution < -0.4 is 5.32 Å². The summed E-state index contributed by atoms with van der Waals surface area (Å²) < 4.78 is 9.46. The zero-order valence-electron chi connectivity index (χ0n) is 15.2. The van der Waals surface area contributed by atoms with Gasteiger partial charge in [-0.25, -0.2) is 9.59 Å². The van der Waals surface area contributed by atoms with Crippen LogP contribution in [-0.2, 0) is 36.7 Å². The van der Waals surface area contributed by atoms with Crippen molar-refractivity contribution < 1.29 is 23.9 Å². The minimum atomic E-state index is -0.769. The molecule has 0 bridgehead atoms. The average molecular weight is 359 g/mol. The number of esters is 2. The number of hydrogen-bond donors (Lipinski definition) is 1. The molecule has 1 aromatic rings. The Labute approximate surface area is 153 Å². The highest BCUT2D eigenvalue weighted by atomic mass is 16.5. The van der Waals surface area contributed by atoms with E-state index in [9.17, 15) is 14.4 Å². The lowest BCUT2D eigenvalue weighted by atomic mass is 9.89. The van der Waals surface area contributed by atoms with Crippen molar-refractivity contribution in [1.82, 2.24) is 5.32 Å². The molecule has 1 aromatic carbocycles. The van der Waals surface area contributed by atoms with Gasteiger partial charge >= 0.3 is 11.9 Å². The fourth-order valence-electron chi connectivity index (χ4n) is 2.90. The molecule has 1 N–H and O–H groups in total. The molecular weight excluding hydrogens is 334 g/mol. The predicted molar refractivity (Wildman–Crippen MR) is 96.4 cm³/mol. The van der Waals surface area contributed by atoms with Crippen LogP contribution in [0, 0.1) is 0 Å². The zero-order chi connectivity index (χ0) is 18.9. The summed E-state index contributed by atoms with van der Waals surface area (Å²) in [5.41, 5.74) is 3.78. The smallest absolute Gasteiger partial charge is 0.331 e. The van der Waals surface area contributed by atoms with E-state index in [2.05, 4.69) is 22.2 Å². The summed E-state index contributed by atoms with van der Waals surface area (Å²) in [7, 11) is 0. The first kappa shape index (κ1) is 19.7. The summed E-state index contributed by atoms with van der Waals surface area (Å²) in [6, 6.07) is 6.13. The van der Waals surface area contributed by atoms with Crippen molar-refractivity contribution in [1.29, 1.82) is 0 Å². The minimum Gasteiger partial charge on any atom is -0.463 e. The molecule has 0 heterocycles. The van der Waals surface area contributed by atoms with Crippen LogP contribution in [0.1, 0.15) is 49.4 Å². The van der Waals surface area contributed by atoms with Crippen LogP contribution >= 0.6 is 0 Å². The van der Waals surface area contributed by atoms with E-state index < -0.39 is 24.5 Å². The van der Waals surface area contributed by atoms with Crippen molar-refractivity contribution in [2.24, 2.45) is 0 Å². The molecule has 0 aliphatic heterocycles. The third-order valence-corrected chi connectivity index (χ3v) is 4.24. The standard InChI is InChI=1S/C20H25NO5/c1-3-25-19(23)10-11-20(24)26-13-18(22)21-14(2)16-9-8-15-6-4-5-7-17(15)12-16/h8-12,14H,3-7,13H2,1-2H3,(H,21,22)/b11-10+/t14-/m0/s1. The first-order valence-corrected chi connectivity index (χ1v) is 8.92. The van der Waals surface area contributed by atoms with E-state index in [0.717, 1.165) is 30.6 Å². The highest BCUT2D eigenvalue weighted by Crippen LogP contribution is 2.24. The predicted octanol–water partition coefficient (Wildman–Crippen LogP) is 2.41. The van der Waals surface area contributed by atoms with E-state index in [-0.39, 0.29) is 12.6 Å². The van der Waals surface area contributed by atoms with Gasteiger partial charge in [0.2, 0.25) is 0 Å². The summed E-state index contributed by atoms with van der Waals surface area (Å²) >= 11 is 0. The first-order valence-electron chi connectivity index (χ1n) is 8.92. The Morgan fingerprint density at radius 3 is 2.42 bits per heavy atom. The van der Waals surface area contributed by atoms with Gasteiger partial charge in [-0.2, -0.15) is 0 Å². The number of carbonyl (C=O) groups excluding carboxylic acids is 3. The fraction of sp³-hybridized carbons (Fsp3) is 0.450. The molecule has 1 aliphatic carbocycles. The molecule has 6 heteroatoms. The van der Waals surface area contributed by atoms with Crippen molar-refractivity contribution in [3.8, 4) is 0 Å². The van der Waals surface area contributed by atoms with Crippen LogP contribution in [0.3, 0.4) is 0 Å². The molecule has 0 saturated heterocycles. The molecule has 0 unspecified atom stereocenters. The number of nitrogens with one attached hydrogen (secondary N) is 1. The summed E-state index contributed by atoms with van der Waals surface area (Å²) in [4.78, 5) is 34.5. The summed E-state index contributed by atoms with van der Waals surface area (Å²) in [6.45, 7) is 3.38. The minimum absolute atomic E-state index is 0.177. The van der Waals surface area contributed by atoms with Crippen molar-refractivity contribution in [2.75, 3.05) is 13.2 Å². The largest absolute Gasteiger partial charge is 0.463 e. The van der Waals surface area contributed by atoms with Crippen LogP contribution in [0.5, 0.6) is 0 Å². The third-order valence-electron chi connectivity index (χ3n) is 4.24. The number of fused-ring (bicyclic) bond motifs is 1. The number of benzene rings is 1. The Kier molecular flexibility index (Phi) is 7.38. The maximum Gasteiger partial charge on any atom is 0.331 e. The Morgan fingerprint density at radius 2 is 1.73 bits per heavy atom. The monoisotopic (exact) mass is 359 g/mol. The first-order chi connectivity index (χ1) is 12.5. The van der Waals surface area contributed by atoms with Gasteiger partial charge in [-0.05, 0) is 56.2 Å². The Hall–Kier alpha value is -2.63. The SMILES string of the molecule is CCOC(=O)/C=C/C(=O)OCC(=O)N[C@@H](C)c1ccc2c(c1)CCCC2. The van der Waals surface area contributed by atoms with E-state index in [1.807, 2.05) is 13.0 Å². The van der Waals surface area contributed by atoms with Gasteiger partial charge in [-0.1, -0.05) is 18.2 Å². The van der Waals surface area contributed by atoms with Gasteiger partial charge in [-0.3, -0.25) is 4.79 Å². The molecule has 26 heavy (non-hydrogen) atoms. The lowest BCUT2D eigenvalue weighted by Crippen LogP contribution is -2.31. The molecular formula is C20H25NO5. The molecule has 140 valence electrons. The molecule has 0 spiro atoms. The summed E-state index contributed by atoms with van der Waals surface area (Å²) in [6.07, 6.45) is 6.54. The van der Waals surface area contributed by atoms with E-state index in [0.29, 0.717) is 0 Å². The van der Waals surface area contributed by atoms with Gasteiger partial charge in [0.1, 0.15) is 0 Å². The molecule has 1 atom stereocenters. The lowest BCUT2D eigenvalue weighted by Gasteiger charge is -2.20. The van der Waals surface area contributed by atoms with Gasteiger partial charge in [0, 0.05) is 12.2 Å². The summed E-state index contributed by atoms with van der Waals surface area (Å²) in [5, 5.41) is 2.81. The number of hydrogen-bond acceptors (Lipinski definition) is 5. The second-order valence-electron chi connectivity index (χ2n) is 6.22. The normalized spacial score (nSPS) is 14.4. The second kappa shape index (κ2) is 9.75. The molecule has 0 aromatic heterocycles. The number of aryl methyl sites for hydroxylation is 2.